The molecule has 2 aromatic heterocycles. The van der Waals surface area contributed by atoms with Crippen molar-refractivity contribution in [2.45, 2.75) is 70.7 Å². The lowest BCUT2D eigenvalue weighted by molar-refractivity contribution is -0.0231. The minimum absolute atomic E-state index is 0.158. The average molecular weight is 862 g/mol. The van der Waals surface area contributed by atoms with Gasteiger partial charge in [0.15, 0.2) is 5.65 Å². The molecule has 19 heteroatoms. The fraction of sp³-hybridized carbons (Fsp3) is 0.600. The van der Waals surface area contributed by atoms with Crippen molar-refractivity contribution in [1.29, 1.82) is 0 Å². The Hall–Kier alpha value is -4.22. The smallest absolute Gasteiger partial charge is 0.408 e. The van der Waals surface area contributed by atoms with Gasteiger partial charge in [-0.1, -0.05) is 17.5 Å². The highest BCUT2D eigenvalue weighted by Gasteiger charge is 2.38. The second-order valence-corrected chi connectivity index (χ2v) is 17.5. The summed E-state index contributed by atoms with van der Waals surface area (Å²) in [5, 5.41) is 8.17. The number of ether oxygens (including phenoxy) is 6. The maximum Gasteiger partial charge on any atom is 0.408 e. The molecule has 0 saturated carbocycles. The number of nitrogens with one attached hydrogen (secondary N) is 2. The second kappa shape index (κ2) is 21.3. The summed E-state index contributed by atoms with van der Waals surface area (Å²) in [7, 11) is -3.66. The van der Waals surface area contributed by atoms with Gasteiger partial charge in [-0.2, -0.15) is 5.10 Å². The molecule has 59 heavy (non-hydrogen) atoms. The zero-order valence-electron chi connectivity index (χ0n) is 34.4. The summed E-state index contributed by atoms with van der Waals surface area (Å²) in [4.78, 5) is 35.8. The number of carbonyl (C=O) groups excluding carboxylic acids is 2. The third-order valence-electron chi connectivity index (χ3n) is 9.37. The molecule has 2 saturated heterocycles. The van der Waals surface area contributed by atoms with Crippen LogP contribution in [0.4, 0.5) is 16.3 Å². The minimum atomic E-state index is -3.66. The zero-order chi connectivity index (χ0) is 42.6. The van der Waals surface area contributed by atoms with Crippen LogP contribution in [0.5, 0.6) is 0 Å². The van der Waals surface area contributed by atoms with Gasteiger partial charge in [-0.05, 0) is 65.2 Å². The fourth-order valence-corrected chi connectivity index (χ4v) is 7.63. The molecule has 2 fully saturated rings. The Morgan fingerprint density at radius 2 is 1.66 bits per heavy atom. The van der Waals surface area contributed by atoms with E-state index >= 15 is 0 Å². The molecular weight excluding hydrogens is 806 g/mol. The number of halogens is 1. The van der Waals surface area contributed by atoms with Gasteiger partial charge in [0.1, 0.15) is 18.0 Å². The number of piperidine rings is 1. The van der Waals surface area contributed by atoms with Crippen LogP contribution < -0.4 is 14.9 Å². The predicted octanol–water partition coefficient (Wildman–Crippen LogP) is 4.23. The van der Waals surface area contributed by atoms with E-state index < -0.39 is 33.9 Å². The normalized spacial score (nSPS) is 18.6. The summed E-state index contributed by atoms with van der Waals surface area (Å²) in [5.74, 6) is 2.75. The van der Waals surface area contributed by atoms with Crippen molar-refractivity contribution >= 4 is 50.8 Å². The standard InChI is InChI=1S/C40H56ClN7O10S/c1-7-14-53-15-16-54-17-18-55-19-20-56-21-22-57-35-27-46(26-33(35)42-39(50)58-40(3,4)5)37-28(2)25-48-36(43-37)24-32(44-48)34-10-8-9-13-47(34)38(49)30-23-29(41)11-12-31(30)45-59(6,51)52/h1,11-12,23-25,33-35,45H,8-10,13-22,26-27H2,2-6H3,(H,42,50)/t33-,34+,35?/m1/s1. The van der Waals surface area contributed by atoms with Gasteiger partial charge < -0.3 is 43.5 Å². The first-order valence-corrected chi connectivity index (χ1v) is 21.9. The first-order valence-electron chi connectivity index (χ1n) is 19.7. The number of terminal acetylenes is 1. The molecule has 2 N–H and O–H groups in total. The highest BCUT2D eigenvalue weighted by molar-refractivity contribution is 7.92. The number of nitrogens with zero attached hydrogens (tertiary/aromatic N) is 5. The number of likely N-dealkylation sites (tertiary alicyclic amines) is 1. The van der Waals surface area contributed by atoms with Crippen molar-refractivity contribution < 1.29 is 46.4 Å². The number of aromatic nitrogens is 3. The lowest BCUT2D eigenvalue weighted by Gasteiger charge is -2.35. The summed E-state index contributed by atoms with van der Waals surface area (Å²) >= 11 is 6.28. The molecule has 2 aliphatic heterocycles. The summed E-state index contributed by atoms with van der Waals surface area (Å²) in [6, 6.07) is 5.60. The number of fused-ring (bicyclic) bond motifs is 1. The lowest BCUT2D eigenvalue weighted by atomic mass is 9.98. The fourth-order valence-electron chi connectivity index (χ4n) is 6.88. The van der Waals surface area contributed by atoms with Gasteiger partial charge in [0.25, 0.3) is 5.91 Å². The number of benzene rings is 1. The first-order chi connectivity index (χ1) is 28.1. The van der Waals surface area contributed by atoms with Crippen LogP contribution in [-0.4, -0.2) is 143 Å². The average Bonchev–Trinajstić information content (AvgIpc) is 3.76. The Morgan fingerprint density at radius 1 is 0.983 bits per heavy atom. The number of hydrogen-bond donors (Lipinski definition) is 2. The van der Waals surface area contributed by atoms with E-state index in [-0.39, 0.29) is 29.8 Å². The highest BCUT2D eigenvalue weighted by atomic mass is 35.5. The minimum Gasteiger partial charge on any atom is -0.444 e. The third-order valence-corrected chi connectivity index (χ3v) is 10.2. The summed E-state index contributed by atoms with van der Waals surface area (Å²) < 4.78 is 62.1. The van der Waals surface area contributed by atoms with Crippen LogP contribution in [0.15, 0.2) is 30.5 Å². The first kappa shape index (κ1) is 45.9. The molecule has 0 aliphatic carbocycles. The largest absolute Gasteiger partial charge is 0.444 e. The van der Waals surface area contributed by atoms with Gasteiger partial charge in [0, 0.05) is 42.5 Å². The molecule has 324 valence electrons. The number of anilines is 2. The molecule has 2 aliphatic rings. The molecule has 0 bridgehead atoms. The molecule has 1 aromatic carbocycles. The van der Waals surface area contributed by atoms with E-state index in [0.29, 0.717) is 101 Å². The van der Waals surface area contributed by atoms with Crippen molar-refractivity contribution in [3.8, 4) is 12.3 Å². The van der Waals surface area contributed by atoms with Crippen molar-refractivity contribution in [2.24, 2.45) is 0 Å². The van der Waals surface area contributed by atoms with Crippen LogP contribution in [0.1, 0.15) is 67.7 Å². The van der Waals surface area contributed by atoms with Crippen molar-refractivity contribution in [3.63, 3.8) is 0 Å². The van der Waals surface area contributed by atoms with Crippen LogP contribution in [-0.2, 0) is 38.4 Å². The quantitative estimate of drug-likeness (QED) is 0.122. The summed E-state index contributed by atoms with van der Waals surface area (Å²) in [6.45, 7) is 12.1. The molecule has 1 unspecified atom stereocenters. The maximum absolute atomic E-state index is 14.1. The van der Waals surface area contributed by atoms with E-state index in [1.807, 2.05) is 40.0 Å². The second-order valence-electron chi connectivity index (χ2n) is 15.4. The molecule has 2 amide bonds. The summed E-state index contributed by atoms with van der Waals surface area (Å²) in [5.41, 5.74) is 1.73. The SMILES string of the molecule is C#CCOCCOCCOCCOCCOC1CN(c2nc3cc([C@@H]4CCCCN4C(=O)c4cc(Cl)ccc4NS(C)(=O)=O)nn3cc2C)C[C@H]1NC(=O)OC(C)(C)C. The number of alkyl carbamates (subject to hydrolysis) is 1. The number of sulfonamides is 1. The highest BCUT2D eigenvalue weighted by Crippen LogP contribution is 2.35. The molecule has 4 heterocycles. The Morgan fingerprint density at radius 3 is 2.32 bits per heavy atom. The lowest BCUT2D eigenvalue weighted by Crippen LogP contribution is -2.46. The van der Waals surface area contributed by atoms with Gasteiger partial charge in [-0.3, -0.25) is 9.52 Å². The van der Waals surface area contributed by atoms with Gasteiger partial charge in [-0.25, -0.2) is 22.7 Å². The molecule has 17 nitrogen and oxygen atoms in total. The van der Waals surface area contributed by atoms with Gasteiger partial charge >= 0.3 is 6.09 Å². The van der Waals surface area contributed by atoms with Crippen LogP contribution in [0.3, 0.4) is 0 Å². The Balaban J connectivity index is 1.23. The third kappa shape index (κ3) is 13.9. The van der Waals surface area contributed by atoms with Crippen molar-refractivity contribution in [3.05, 3.63) is 52.3 Å². The monoisotopic (exact) mass is 861 g/mol. The van der Waals surface area contributed by atoms with Gasteiger partial charge in [0.05, 0.1) is 94.2 Å². The summed E-state index contributed by atoms with van der Waals surface area (Å²) in [6.07, 6.45) is 9.46. The van der Waals surface area contributed by atoms with E-state index in [1.165, 1.54) is 18.2 Å². The van der Waals surface area contributed by atoms with Gasteiger partial charge in [-0.15, -0.1) is 6.42 Å². The van der Waals surface area contributed by atoms with E-state index in [1.54, 1.807) is 9.42 Å². The van der Waals surface area contributed by atoms with Crippen LogP contribution >= 0.6 is 11.6 Å². The zero-order valence-corrected chi connectivity index (χ0v) is 36.0. The maximum atomic E-state index is 14.1. The van der Waals surface area contributed by atoms with Gasteiger partial charge in [0.2, 0.25) is 10.0 Å². The Labute approximate surface area is 351 Å². The van der Waals surface area contributed by atoms with Crippen LogP contribution in [0, 0.1) is 19.3 Å². The number of hydrogen-bond acceptors (Lipinski definition) is 13. The number of carbonyl (C=O) groups is 2. The van der Waals surface area contributed by atoms with Crippen LogP contribution in [0.25, 0.3) is 5.65 Å². The molecular formula is C40H56ClN7O10S. The topological polar surface area (TPSA) is 184 Å². The molecule has 0 spiro atoms. The molecule has 3 aromatic rings. The van der Waals surface area contributed by atoms with E-state index in [9.17, 15) is 18.0 Å². The van der Waals surface area contributed by atoms with Crippen molar-refractivity contribution in [1.82, 2.24) is 24.8 Å². The predicted molar refractivity (Wildman–Crippen MR) is 222 cm³/mol. The van der Waals surface area contributed by atoms with Crippen molar-refractivity contribution in [2.75, 3.05) is 95.0 Å². The molecule has 3 atom stereocenters. The number of aryl methyl sites for hydroxylation is 1. The van der Waals surface area contributed by atoms with Crippen LogP contribution in [0.2, 0.25) is 5.02 Å². The van der Waals surface area contributed by atoms with E-state index in [2.05, 4.69) is 20.9 Å². The number of amides is 2. The number of rotatable bonds is 20. The van der Waals surface area contributed by atoms with E-state index in [4.69, 9.17) is 56.5 Å². The Bertz CT molecular complexity index is 2040. The van der Waals surface area contributed by atoms with E-state index in [0.717, 1.165) is 24.7 Å². The molecule has 5 rings (SSSR count). The Kier molecular flexibility index (Phi) is 16.6. The molecule has 0 radical (unpaired) electrons.